The van der Waals surface area contributed by atoms with Gasteiger partial charge in [-0.15, -0.1) is 10.2 Å². The van der Waals surface area contributed by atoms with Gasteiger partial charge in [0.2, 0.25) is 5.91 Å². The highest BCUT2D eigenvalue weighted by molar-refractivity contribution is 8.00. The lowest BCUT2D eigenvalue weighted by Gasteiger charge is -2.12. The van der Waals surface area contributed by atoms with Crippen molar-refractivity contribution in [2.45, 2.75) is 37.6 Å². The van der Waals surface area contributed by atoms with Crippen molar-refractivity contribution in [3.63, 3.8) is 0 Å². The van der Waals surface area contributed by atoms with E-state index in [9.17, 15) is 4.79 Å². The first-order chi connectivity index (χ1) is 12.5. The molecule has 0 aliphatic heterocycles. The molecule has 2 heterocycles. The molecule has 7 heteroatoms. The maximum Gasteiger partial charge on any atom is 0.237 e. The van der Waals surface area contributed by atoms with E-state index in [2.05, 4.69) is 22.4 Å². The van der Waals surface area contributed by atoms with Gasteiger partial charge < -0.3 is 14.3 Å². The van der Waals surface area contributed by atoms with Crippen molar-refractivity contribution in [2.75, 3.05) is 5.32 Å². The fourth-order valence-corrected chi connectivity index (χ4v) is 3.36. The Morgan fingerprint density at radius 1 is 1.27 bits per heavy atom. The number of aromatic nitrogens is 3. The number of nitrogens with one attached hydrogen (secondary N) is 1. The van der Waals surface area contributed by atoms with E-state index >= 15 is 0 Å². The molecule has 26 heavy (non-hydrogen) atoms. The summed E-state index contributed by atoms with van der Waals surface area (Å²) in [4.78, 5) is 12.5. The molecule has 0 aliphatic rings. The Morgan fingerprint density at radius 3 is 2.62 bits per heavy atom. The zero-order valence-electron chi connectivity index (χ0n) is 15.3. The van der Waals surface area contributed by atoms with Gasteiger partial charge >= 0.3 is 0 Å². The minimum Gasteiger partial charge on any atom is -0.469 e. The number of hydrogen-bond donors (Lipinski definition) is 1. The lowest BCUT2D eigenvalue weighted by atomic mass is 10.1. The number of anilines is 1. The Balaban J connectivity index is 1.67. The van der Waals surface area contributed by atoms with Gasteiger partial charge in [-0.25, -0.2) is 0 Å². The van der Waals surface area contributed by atoms with Crippen LogP contribution in [0.15, 0.2) is 46.2 Å². The van der Waals surface area contributed by atoms with Crippen molar-refractivity contribution in [3.8, 4) is 11.4 Å². The largest absolute Gasteiger partial charge is 0.469 e. The first-order valence-corrected chi connectivity index (χ1v) is 9.38. The Morgan fingerprint density at radius 2 is 2.00 bits per heavy atom. The smallest absolute Gasteiger partial charge is 0.237 e. The van der Waals surface area contributed by atoms with Gasteiger partial charge in [0.05, 0.1) is 17.1 Å². The minimum absolute atomic E-state index is 0.0664. The number of hydrogen-bond acceptors (Lipinski definition) is 5. The van der Waals surface area contributed by atoms with Gasteiger partial charge in [-0.1, -0.05) is 30.8 Å². The van der Waals surface area contributed by atoms with E-state index < -0.39 is 0 Å². The molecular formula is C19H22N4O2S. The Hall–Kier alpha value is -2.54. The molecule has 3 rings (SSSR count). The monoisotopic (exact) mass is 370 g/mol. The summed E-state index contributed by atoms with van der Waals surface area (Å²) in [6.45, 7) is 5.85. The molecule has 0 fully saturated rings. The fourth-order valence-electron chi connectivity index (χ4n) is 2.55. The summed E-state index contributed by atoms with van der Waals surface area (Å²) < 4.78 is 7.21. The van der Waals surface area contributed by atoms with Crippen LogP contribution >= 0.6 is 11.8 Å². The van der Waals surface area contributed by atoms with Crippen molar-refractivity contribution < 1.29 is 9.21 Å². The van der Waals surface area contributed by atoms with Crippen LogP contribution in [0.25, 0.3) is 11.4 Å². The zero-order chi connectivity index (χ0) is 18.7. The zero-order valence-corrected chi connectivity index (χ0v) is 16.1. The van der Waals surface area contributed by atoms with Gasteiger partial charge in [-0.3, -0.25) is 4.79 Å². The summed E-state index contributed by atoms with van der Waals surface area (Å²) in [6.07, 6.45) is 2.61. The van der Waals surface area contributed by atoms with Gasteiger partial charge in [0.15, 0.2) is 11.0 Å². The van der Waals surface area contributed by atoms with E-state index in [1.165, 1.54) is 17.3 Å². The van der Waals surface area contributed by atoms with Crippen LogP contribution in [0.1, 0.15) is 25.2 Å². The molecule has 1 atom stereocenters. The molecule has 0 saturated heterocycles. The number of rotatable bonds is 6. The maximum atomic E-state index is 12.5. The molecule has 0 unspecified atom stereocenters. The third kappa shape index (κ3) is 3.83. The van der Waals surface area contributed by atoms with Crippen molar-refractivity contribution in [3.05, 3.63) is 47.9 Å². The SMILES string of the molecule is CCc1ccc(NC(=O)[C@@H](C)Sc2nnc(-c3ccoc3C)n2C)cc1. The summed E-state index contributed by atoms with van der Waals surface area (Å²) in [5.41, 5.74) is 2.94. The van der Waals surface area contributed by atoms with Gasteiger partial charge in [0.25, 0.3) is 0 Å². The Kier molecular flexibility index (Phi) is 5.46. The standard InChI is InChI=1S/C19H22N4O2S/c1-5-14-6-8-15(9-7-14)20-18(24)13(3)26-19-22-21-17(23(19)4)16-10-11-25-12(16)2/h6-11,13H,5H2,1-4H3,(H,20,24)/t13-/m1/s1. The summed E-state index contributed by atoms with van der Waals surface area (Å²) in [6, 6.07) is 9.77. The average molecular weight is 370 g/mol. The second-order valence-corrected chi connectivity index (χ2v) is 7.36. The van der Waals surface area contributed by atoms with Crippen LogP contribution in [0.2, 0.25) is 0 Å². The fraction of sp³-hybridized carbons (Fsp3) is 0.316. The molecule has 1 amide bonds. The van der Waals surface area contributed by atoms with Crippen molar-refractivity contribution in [1.82, 2.24) is 14.8 Å². The van der Waals surface area contributed by atoms with Gasteiger partial charge in [-0.2, -0.15) is 0 Å². The van der Waals surface area contributed by atoms with Crippen LogP contribution < -0.4 is 5.32 Å². The van der Waals surface area contributed by atoms with Gasteiger partial charge in [-0.05, 0) is 44.0 Å². The number of carbonyl (C=O) groups excluding carboxylic acids is 1. The molecule has 3 aromatic rings. The van der Waals surface area contributed by atoms with Crippen molar-refractivity contribution >= 4 is 23.4 Å². The van der Waals surface area contributed by atoms with Crippen LogP contribution in [-0.4, -0.2) is 25.9 Å². The number of aryl methyl sites for hydroxylation is 2. The van der Waals surface area contributed by atoms with E-state index in [1.807, 2.05) is 55.8 Å². The second kappa shape index (κ2) is 7.78. The number of thioether (sulfide) groups is 1. The lowest BCUT2D eigenvalue weighted by molar-refractivity contribution is -0.115. The lowest BCUT2D eigenvalue weighted by Crippen LogP contribution is -2.22. The number of benzene rings is 1. The molecule has 0 radical (unpaired) electrons. The first-order valence-electron chi connectivity index (χ1n) is 8.50. The third-order valence-corrected chi connectivity index (χ3v) is 5.35. The summed E-state index contributed by atoms with van der Waals surface area (Å²) in [5.74, 6) is 1.45. The molecule has 136 valence electrons. The normalized spacial score (nSPS) is 12.2. The number of nitrogens with zero attached hydrogens (tertiary/aromatic N) is 3. The molecule has 0 saturated carbocycles. The summed E-state index contributed by atoms with van der Waals surface area (Å²) in [5, 5.41) is 11.8. The molecule has 2 aromatic heterocycles. The quantitative estimate of drug-likeness (QED) is 0.662. The summed E-state index contributed by atoms with van der Waals surface area (Å²) >= 11 is 1.38. The first kappa shape index (κ1) is 18.3. The van der Waals surface area contributed by atoms with E-state index in [1.54, 1.807) is 6.26 Å². The molecule has 1 N–H and O–H groups in total. The topological polar surface area (TPSA) is 73.0 Å². The molecule has 0 bridgehead atoms. The van der Waals surface area contributed by atoms with E-state index in [0.717, 1.165) is 29.3 Å². The predicted octanol–water partition coefficient (Wildman–Crippen LogP) is 4.07. The van der Waals surface area contributed by atoms with Crippen LogP contribution in [-0.2, 0) is 18.3 Å². The Bertz CT molecular complexity index is 899. The van der Waals surface area contributed by atoms with E-state index in [0.29, 0.717) is 5.16 Å². The second-order valence-electron chi connectivity index (χ2n) is 6.06. The molecule has 1 aromatic carbocycles. The van der Waals surface area contributed by atoms with E-state index in [4.69, 9.17) is 4.42 Å². The van der Waals surface area contributed by atoms with Crippen LogP contribution in [0.5, 0.6) is 0 Å². The number of amides is 1. The maximum absolute atomic E-state index is 12.5. The molecule has 6 nitrogen and oxygen atoms in total. The van der Waals surface area contributed by atoms with Crippen LogP contribution in [0.3, 0.4) is 0 Å². The number of carbonyl (C=O) groups is 1. The molecule has 0 spiro atoms. The third-order valence-electron chi connectivity index (χ3n) is 4.22. The highest BCUT2D eigenvalue weighted by atomic mass is 32.2. The Labute approximate surface area is 157 Å². The van der Waals surface area contributed by atoms with Crippen LogP contribution in [0, 0.1) is 6.92 Å². The highest BCUT2D eigenvalue weighted by Crippen LogP contribution is 2.28. The van der Waals surface area contributed by atoms with Crippen LogP contribution in [0.4, 0.5) is 5.69 Å². The van der Waals surface area contributed by atoms with Gasteiger partial charge in [0.1, 0.15) is 5.76 Å². The average Bonchev–Trinajstić information content (AvgIpc) is 3.21. The predicted molar refractivity (Wildman–Crippen MR) is 103 cm³/mol. The number of furan rings is 1. The molecule has 0 aliphatic carbocycles. The highest BCUT2D eigenvalue weighted by Gasteiger charge is 2.20. The summed E-state index contributed by atoms with van der Waals surface area (Å²) in [7, 11) is 1.89. The van der Waals surface area contributed by atoms with Gasteiger partial charge in [0, 0.05) is 12.7 Å². The van der Waals surface area contributed by atoms with Crippen molar-refractivity contribution in [2.24, 2.45) is 7.05 Å². The van der Waals surface area contributed by atoms with Crippen molar-refractivity contribution in [1.29, 1.82) is 0 Å². The molecular weight excluding hydrogens is 348 g/mol. The minimum atomic E-state index is -0.304. The van der Waals surface area contributed by atoms with E-state index in [-0.39, 0.29) is 11.2 Å².